The lowest BCUT2D eigenvalue weighted by Crippen LogP contribution is -2.47. The molecule has 4 nitrogen and oxygen atoms in total. The van der Waals surface area contributed by atoms with E-state index in [2.05, 4.69) is 48.8 Å². The van der Waals surface area contributed by atoms with E-state index in [0.717, 1.165) is 45.1 Å². The Morgan fingerprint density at radius 3 is 2.27 bits per heavy atom. The van der Waals surface area contributed by atoms with Gasteiger partial charge in [0, 0.05) is 39.8 Å². The van der Waals surface area contributed by atoms with Crippen molar-refractivity contribution < 1.29 is 9.47 Å². The van der Waals surface area contributed by atoms with Crippen LogP contribution in [0.25, 0.3) is 0 Å². The van der Waals surface area contributed by atoms with Gasteiger partial charge in [-0.15, -0.1) is 0 Å². The van der Waals surface area contributed by atoms with E-state index in [-0.39, 0.29) is 5.41 Å². The van der Waals surface area contributed by atoms with Gasteiger partial charge in [-0.2, -0.15) is 0 Å². The highest BCUT2D eigenvalue weighted by atomic mass is 16.5. The van der Waals surface area contributed by atoms with Gasteiger partial charge in [-0.05, 0) is 23.1 Å². The van der Waals surface area contributed by atoms with Crippen molar-refractivity contribution in [3.63, 3.8) is 0 Å². The molecular weight excluding hydrogens is 276 g/mol. The summed E-state index contributed by atoms with van der Waals surface area (Å²) in [5, 5.41) is 0. The van der Waals surface area contributed by atoms with Crippen molar-refractivity contribution >= 4 is 5.69 Å². The van der Waals surface area contributed by atoms with Crippen LogP contribution in [0.3, 0.4) is 0 Å². The normalized spacial score (nSPS) is 16.9. The fourth-order valence-electron chi connectivity index (χ4n) is 2.84. The Labute approximate surface area is 135 Å². The summed E-state index contributed by atoms with van der Waals surface area (Å²) in [5.41, 5.74) is 2.67. The summed E-state index contributed by atoms with van der Waals surface area (Å²) in [6.07, 6.45) is 0. The molecule has 4 heteroatoms. The standard InChI is InChI=1S/C18H30N2O2/c1-18(2,3)15-6-7-16(17(14-15)22-5)20-10-8-19(9-11-20)12-13-21-4/h6-7,14H,8-13H2,1-5H3. The zero-order valence-corrected chi connectivity index (χ0v) is 14.7. The number of methoxy groups -OCH3 is 2. The zero-order chi connectivity index (χ0) is 16.2. The summed E-state index contributed by atoms with van der Waals surface area (Å²) in [4.78, 5) is 4.88. The van der Waals surface area contributed by atoms with Crippen LogP contribution < -0.4 is 9.64 Å². The quantitative estimate of drug-likeness (QED) is 0.835. The molecule has 124 valence electrons. The predicted molar refractivity (Wildman–Crippen MR) is 92.2 cm³/mol. The van der Waals surface area contributed by atoms with Crippen LogP contribution in [0, 0.1) is 0 Å². The van der Waals surface area contributed by atoms with Crippen LogP contribution in [0.5, 0.6) is 5.75 Å². The number of anilines is 1. The fourth-order valence-corrected chi connectivity index (χ4v) is 2.84. The van der Waals surface area contributed by atoms with E-state index < -0.39 is 0 Å². The van der Waals surface area contributed by atoms with E-state index in [1.54, 1.807) is 14.2 Å². The van der Waals surface area contributed by atoms with Crippen molar-refractivity contribution in [3.8, 4) is 5.75 Å². The molecule has 0 atom stereocenters. The van der Waals surface area contributed by atoms with Crippen molar-refractivity contribution in [1.29, 1.82) is 0 Å². The van der Waals surface area contributed by atoms with Gasteiger partial charge in [0.25, 0.3) is 0 Å². The lowest BCUT2D eigenvalue weighted by Gasteiger charge is -2.36. The summed E-state index contributed by atoms with van der Waals surface area (Å²) in [6, 6.07) is 6.63. The summed E-state index contributed by atoms with van der Waals surface area (Å²) < 4.78 is 10.8. The summed E-state index contributed by atoms with van der Waals surface area (Å²) in [7, 11) is 3.53. The van der Waals surface area contributed by atoms with E-state index in [0.29, 0.717) is 0 Å². The van der Waals surface area contributed by atoms with Crippen molar-refractivity contribution in [2.24, 2.45) is 0 Å². The molecule has 22 heavy (non-hydrogen) atoms. The molecule has 0 aliphatic carbocycles. The third-order valence-electron chi connectivity index (χ3n) is 4.37. The Morgan fingerprint density at radius 2 is 1.73 bits per heavy atom. The minimum absolute atomic E-state index is 0.144. The Bertz CT molecular complexity index is 474. The molecule has 0 bridgehead atoms. The lowest BCUT2D eigenvalue weighted by molar-refractivity contribution is 0.144. The molecule has 1 saturated heterocycles. The molecule has 1 aliphatic rings. The third kappa shape index (κ3) is 4.14. The van der Waals surface area contributed by atoms with Crippen molar-refractivity contribution in [3.05, 3.63) is 23.8 Å². The monoisotopic (exact) mass is 306 g/mol. The largest absolute Gasteiger partial charge is 0.495 e. The highest BCUT2D eigenvalue weighted by molar-refractivity contribution is 5.60. The van der Waals surface area contributed by atoms with Crippen LogP contribution in [0.1, 0.15) is 26.3 Å². The van der Waals surface area contributed by atoms with E-state index in [1.165, 1.54) is 11.3 Å². The maximum Gasteiger partial charge on any atom is 0.142 e. The first-order valence-corrected chi connectivity index (χ1v) is 8.10. The SMILES string of the molecule is COCCN1CCN(c2ccc(C(C)(C)C)cc2OC)CC1. The average Bonchev–Trinajstić information content (AvgIpc) is 2.52. The molecule has 1 heterocycles. The van der Waals surface area contributed by atoms with Crippen LogP contribution in [0.2, 0.25) is 0 Å². The summed E-state index contributed by atoms with van der Waals surface area (Å²) >= 11 is 0. The minimum atomic E-state index is 0.144. The Kier molecular flexibility index (Phi) is 5.70. The Balaban J connectivity index is 2.07. The van der Waals surface area contributed by atoms with Crippen LogP contribution in [-0.4, -0.2) is 58.5 Å². The first-order valence-electron chi connectivity index (χ1n) is 8.10. The highest BCUT2D eigenvalue weighted by Gasteiger charge is 2.21. The molecular formula is C18H30N2O2. The maximum absolute atomic E-state index is 5.65. The van der Waals surface area contributed by atoms with E-state index in [1.807, 2.05) is 0 Å². The van der Waals surface area contributed by atoms with Gasteiger partial charge < -0.3 is 14.4 Å². The molecule has 1 fully saturated rings. The molecule has 1 aromatic rings. The topological polar surface area (TPSA) is 24.9 Å². The number of benzene rings is 1. The van der Waals surface area contributed by atoms with Gasteiger partial charge in [0.1, 0.15) is 5.75 Å². The van der Waals surface area contributed by atoms with Gasteiger partial charge in [0.15, 0.2) is 0 Å². The Morgan fingerprint density at radius 1 is 1.05 bits per heavy atom. The second-order valence-electron chi connectivity index (χ2n) is 6.96. The first-order chi connectivity index (χ1) is 10.5. The maximum atomic E-state index is 5.65. The molecule has 1 aromatic carbocycles. The molecule has 0 aromatic heterocycles. The van der Waals surface area contributed by atoms with Crippen molar-refractivity contribution in [2.45, 2.75) is 26.2 Å². The second kappa shape index (κ2) is 7.34. The molecule has 2 rings (SSSR count). The van der Waals surface area contributed by atoms with E-state index in [9.17, 15) is 0 Å². The smallest absolute Gasteiger partial charge is 0.142 e. The van der Waals surface area contributed by atoms with Crippen molar-refractivity contribution in [2.75, 3.05) is 58.5 Å². The Hall–Kier alpha value is -1.26. The third-order valence-corrected chi connectivity index (χ3v) is 4.37. The van der Waals surface area contributed by atoms with E-state index >= 15 is 0 Å². The zero-order valence-electron chi connectivity index (χ0n) is 14.7. The molecule has 0 radical (unpaired) electrons. The molecule has 0 saturated carbocycles. The number of nitrogens with zero attached hydrogens (tertiary/aromatic N) is 2. The first kappa shape index (κ1) is 17.1. The fraction of sp³-hybridized carbons (Fsp3) is 0.667. The van der Waals surface area contributed by atoms with Gasteiger partial charge in [0.2, 0.25) is 0 Å². The number of hydrogen-bond donors (Lipinski definition) is 0. The van der Waals surface area contributed by atoms with Crippen LogP contribution >= 0.6 is 0 Å². The van der Waals surface area contributed by atoms with Gasteiger partial charge in [-0.1, -0.05) is 26.8 Å². The van der Waals surface area contributed by atoms with Gasteiger partial charge in [0.05, 0.1) is 19.4 Å². The average molecular weight is 306 g/mol. The molecule has 0 amide bonds. The molecule has 0 unspecified atom stereocenters. The van der Waals surface area contributed by atoms with Gasteiger partial charge in [-0.3, -0.25) is 4.90 Å². The van der Waals surface area contributed by atoms with Gasteiger partial charge in [-0.25, -0.2) is 0 Å². The van der Waals surface area contributed by atoms with Crippen LogP contribution in [0.15, 0.2) is 18.2 Å². The number of hydrogen-bond acceptors (Lipinski definition) is 4. The number of piperazine rings is 1. The second-order valence-corrected chi connectivity index (χ2v) is 6.96. The number of ether oxygens (including phenoxy) is 2. The molecule has 1 aliphatic heterocycles. The summed E-state index contributed by atoms with van der Waals surface area (Å²) in [6.45, 7) is 12.8. The molecule has 0 N–H and O–H groups in total. The van der Waals surface area contributed by atoms with Crippen LogP contribution in [0.4, 0.5) is 5.69 Å². The number of rotatable bonds is 5. The van der Waals surface area contributed by atoms with Crippen molar-refractivity contribution in [1.82, 2.24) is 4.90 Å². The highest BCUT2D eigenvalue weighted by Crippen LogP contribution is 2.34. The lowest BCUT2D eigenvalue weighted by atomic mass is 9.87. The van der Waals surface area contributed by atoms with Crippen LogP contribution in [-0.2, 0) is 10.2 Å². The minimum Gasteiger partial charge on any atom is -0.495 e. The predicted octanol–water partition coefficient (Wildman–Crippen LogP) is 2.76. The summed E-state index contributed by atoms with van der Waals surface area (Å²) in [5.74, 6) is 0.984. The molecule has 0 spiro atoms. The van der Waals surface area contributed by atoms with Gasteiger partial charge >= 0.3 is 0 Å². The van der Waals surface area contributed by atoms with E-state index in [4.69, 9.17) is 9.47 Å².